The first-order valence-corrected chi connectivity index (χ1v) is 11.7. The summed E-state index contributed by atoms with van der Waals surface area (Å²) >= 11 is 0. The number of rotatable bonds is 6. The van der Waals surface area contributed by atoms with Gasteiger partial charge in [-0.15, -0.1) is 0 Å². The van der Waals surface area contributed by atoms with Crippen LogP contribution in [0, 0.1) is 23.2 Å². The first kappa shape index (κ1) is 21.6. The third-order valence-electron chi connectivity index (χ3n) is 8.07. The number of fused-ring (bicyclic) bond motifs is 1. The van der Waals surface area contributed by atoms with E-state index in [-0.39, 0.29) is 6.10 Å². The summed E-state index contributed by atoms with van der Waals surface area (Å²) < 4.78 is 0. The second kappa shape index (κ2) is 9.16. The van der Waals surface area contributed by atoms with Crippen LogP contribution in [0.1, 0.15) is 92.4 Å². The van der Waals surface area contributed by atoms with Gasteiger partial charge < -0.3 is 5.11 Å². The fourth-order valence-electron chi connectivity index (χ4n) is 6.30. The maximum Gasteiger partial charge on any atom is 0.0583 e. The average Bonchev–Trinajstić information content (AvgIpc) is 2.99. The van der Waals surface area contributed by atoms with Crippen molar-refractivity contribution in [1.29, 1.82) is 0 Å². The highest BCUT2D eigenvalue weighted by Gasteiger charge is 2.49. The van der Waals surface area contributed by atoms with Crippen molar-refractivity contribution in [3.8, 4) is 0 Å². The van der Waals surface area contributed by atoms with Crippen molar-refractivity contribution in [2.45, 2.75) is 98.5 Å². The zero-order valence-electron chi connectivity index (χ0n) is 18.9. The van der Waals surface area contributed by atoms with Gasteiger partial charge in [0.05, 0.1) is 6.10 Å². The van der Waals surface area contributed by atoms with Crippen LogP contribution in [0.5, 0.6) is 0 Å². The highest BCUT2D eigenvalue weighted by molar-refractivity contribution is 5.36. The molecule has 0 bridgehead atoms. The molecule has 0 heterocycles. The molecule has 1 saturated carbocycles. The lowest BCUT2D eigenvalue weighted by Crippen LogP contribution is -2.35. The molecule has 0 aromatic carbocycles. The van der Waals surface area contributed by atoms with Crippen molar-refractivity contribution in [2.24, 2.45) is 23.2 Å². The number of aliphatic hydroxyl groups excluding tert-OH is 1. The van der Waals surface area contributed by atoms with Gasteiger partial charge in [0.2, 0.25) is 0 Å². The lowest BCUT2D eigenvalue weighted by molar-refractivity contribution is 0.110. The normalized spacial score (nSPS) is 34.4. The molecular formula is C27H42O. The minimum atomic E-state index is -0.147. The van der Waals surface area contributed by atoms with E-state index in [0.29, 0.717) is 5.41 Å². The van der Waals surface area contributed by atoms with Crippen LogP contribution in [0.2, 0.25) is 0 Å². The number of aliphatic hydroxyl groups is 1. The molecule has 3 aliphatic rings. The largest absolute Gasteiger partial charge is 0.393 e. The molecule has 1 N–H and O–H groups in total. The number of allylic oxidation sites excluding steroid dienone is 7. The fourth-order valence-corrected chi connectivity index (χ4v) is 6.30. The standard InChI is InChI=1S/C27H42O/c1-19(2)8-6-9-21(4)25-15-16-26-22(10-7-17-27(25,26)5)12-13-23-18-24(28)14-11-20(23)3/h8,10,12-13,21,24-26,28H,6-7,9,11,14-18H2,1-5H3/b13-12-/t21-,24?,25-,26+,27-/m1/s1. The van der Waals surface area contributed by atoms with Crippen LogP contribution in [0.15, 0.2) is 46.6 Å². The van der Waals surface area contributed by atoms with E-state index in [1.165, 1.54) is 55.2 Å². The van der Waals surface area contributed by atoms with Crippen molar-refractivity contribution < 1.29 is 5.11 Å². The topological polar surface area (TPSA) is 20.2 Å². The van der Waals surface area contributed by atoms with Gasteiger partial charge in [-0.1, -0.05) is 49.3 Å². The van der Waals surface area contributed by atoms with Crippen LogP contribution in [-0.4, -0.2) is 11.2 Å². The Morgan fingerprint density at radius 1 is 1.25 bits per heavy atom. The molecule has 0 spiro atoms. The molecule has 0 saturated heterocycles. The molecule has 3 aliphatic carbocycles. The van der Waals surface area contributed by atoms with Crippen molar-refractivity contribution in [3.05, 3.63) is 46.6 Å². The summed E-state index contributed by atoms with van der Waals surface area (Å²) in [6.07, 6.45) is 20.2. The summed E-state index contributed by atoms with van der Waals surface area (Å²) in [7, 11) is 0. The van der Waals surface area contributed by atoms with Crippen molar-refractivity contribution in [2.75, 3.05) is 0 Å². The molecule has 1 heteroatoms. The Bertz CT molecular complexity index is 672. The quantitative estimate of drug-likeness (QED) is 0.470. The van der Waals surface area contributed by atoms with Crippen LogP contribution in [0.3, 0.4) is 0 Å². The van der Waals surface area contributed by atoms with Crippen LogP contribution >= 0.6 is 0 Å². The smallest absolute Gasteiger partial charge is 0.0583 e. The third-order valence-corrected chi connectivity index (χ3v) is 8.07. The highest BCUT2D eigenvalue weighted by atomic mass is 16.3. The minimum absolute atomic E-state index is 0.147. The second-order valence-corrected chi connectivity index (χ2v) is 10.4. The molecule has 1 fully saturated rings. The Morgan fingerprint density at radius 2 is 2.04 bits per heavy atom. The Kier molecular flexibility index (Phi) is 7.07. The lowest BCUT2D eigenvalue weighted by atomic mass is 9.62. The molecule has 1 unspecified atom stereocenters. The molecule has 0 radical (unpaired) electrons. The van der Waals surface area contributed by atoms with E-state index >= 15 is 0 Å². The molecule has 5 atom stereocenters. The van der Waals surface area contributed by atoms with Gasteiger partial charge in [-0.05, 0) is 113 Å². The summed E-state index contributed by atoms with van der Waals surface area (Å²) in [5.41, 5.74) is 6.34. The lowest BCUT2D eigenvalue weighted by Gasteiger charge is -2.43. The van der Waals surface area contributed by atoms with Crippen LogP contribution in [0.25, 0.3) is 0 Å². The van der Waals surface area contributed by atoms with Gasteiger partial charge in [-0.2, -0.15) is 0 Å². The third kappa shape index (κ3) is 4.73. The van der Waals surface area contributed by atoms with E-state index in [0.717, 1.165) is 37.0 Å². The van der Waals surface area contributed by atoms with Gasteiger partial charge in [0.25, 0.3) is 0 Å². The highest BCUT2D eigenvalue weighted by Crippen LogP contribution is 2.58. The SMILES string of the molecule is CC(C)=CCC[C@@H](C)[C@H]1CC[C@H]2C(/C=C\C3=C(C)CCC(O)C3)=CCC[C@]12C. The summed E-state index contributed by atoms with van der Waals surface area (Å²) in [5, 5.41) is 10.0. The zero-order valence-corrected chi connectivity index (χ0v) is 18.9. The van der Waals surface area contributed by atoms with E-state index in [9.17, 15) is 5.11 Å². The van der Waals surface area contributed by atoms with Gasteiger partial charge in [0.15, 0.2) is 0 Å². The van der Waals surface area contributed by atoms with Gasteiger partial charge in [-0.25, -0.2) is 0 Å². The molecule has 28 heavy (non-hydrogen) atoms. The minimum Gasteiger partial charge on any atom is -0.393 e. The van der Waals surface area contributed by atoms with Gasteiger partial charge in [0, 0.05) is 0 Å². The van der Waals surface area contributed by atoms with Crippen LogP contribution < -0.4 is 0 Å². The molecule has 0 aliphatic heterocycles. The molecular weight excluding hydrogens is 340 g/mol. The summed E-state index contributed by atoms with van der Waals surface area (Å²) in [5.74, 6) is 2.40. The molecule has 0 aromatic rings. The molecule has 0 aromatic heterocycles. The summed E-state index contributed by atoms with van der Waals surface area (Å²) in [6, 6.07) is 0. The van der Waals surface area contributed by atoms with Gasteiger partial charge in [-0.3, -0.25) is 0 Å². The predicted molar refractivity (Wildman–Crippen MR) is 121 cm³/mol. The monoisotopic (exact) mass is 382 g/mol. The van der Waals surface area contributed by atoms with Gasteiger partial charge >= 0.3 is 0 Å². The first-order chi connectivity index (χ1) is 13.3. The van der Waals surface area contributed by atoms with E-state index in [2.05, 4.69) is 58.9 Å². The zero-order chi connectivity index (χ0) is 20.3. The Morgan fingerprint density at radius 3 is 2.79 bits per heavy atom. The van der Waals surface area contributed by atoms with Gasteiger partial charge in [0.1, 0.15) is 0 Å². The van der Waals surface area contributed by atoms with E-state index in [1.807, 2.05) is 0 Å². The molecule has 3 rings (SSSR count). The number of hydrogen-bond donors (Lipinski definition) is 1. The Hall–Kier alpha value is -1.08. The van der Waals surface area contributed by atoms with E-state index in [4.69, 9.17) is 0 Å². The maximum absolute atomic E-state index is 10.0. The Labute approximate surface area is 173 Å². The van der Waals surface area contributed by atoms with Crippen molar-refractivity contribution >= 4 is 0 Å². The first-order valence-electron chi connectivity index (χ1n) is 11.7. The molecule has 1 nitrogen and oxygen atoms in total. The van der Waals surface area contributed by atoms with Crippen molar-refractivity contribution in [3.63, 3.8) is 0 Å². The van der Waals surface area contributed by atoms with Crippen LogP contribution in [-0.2, 0) is 0 Å². The molecule has 0 amide bonds. The second-order valence-electron chi connectivity index (χ2n) is 10.4. The van der Waals surface area contributed by atoms with E-state index < -0.39 is 0 Å². The summed E-state index contributed by atoms with van der Waals surface area (Å²) in [6.45, 7) is 11.8. The van der Waals surface area contributed by atoms with E-state index in [1.54, 1.807) is 5.57 Å². The predicted octanol–water partition coefficient (Wildman–Crippen LogP) is 7.54. The number of hydrogen-bond acceptors (Lipinski definition) is 1. The molecule has 156 valence electrons. The van der Waals surface area contributed by atoms with Crippen molar-refractivity contribution in [1.82, 2.24) is 0 Å². The average molecular weight is 383 g/mol. The summed E-state index contributed by atoms with van der Waals surface area (Å²) in [4.78, 5) is 0. The maximum atomic E-state index is 10.0. The Balaban J connectivity index is 1.70. The fraction of sp³-hybridized carbons (Fsp3) is 0.704. The van der Waals surface area contributed by atoms with Crippen LogP contribution in [0.4, 0.5) is 0 Å².